The number of nitrogens with two attached hydrogens (primary N) is 1. The summed E-state index contributed by atoms with van der Waals surface area (Å²) in [5, 5.41) is 14.6. The van der Waals surface area contributed by atoms with Crippen molar-refractivity contribution in [3.8, 4) is 5.75 Å². The molecule has 0 heterocycles. The molecule has 0 saturated heterocycles. The van der Waals surface area contributed by atoms with Gasteiger partial charge in [-0.25, -0.2) is 0 Å². The molecule has 4 N–H and O–H groups in total. The molecule has 1 aromatic rings. The van der Waals surface area contributed by atoms with Gasteiger partial charge in [0.2, 0.25) is 0 Å². The second-order valence-corrected chi connectivity index (χ2v) is 3.48. The molecule has 0 spiro atoms. The average Bonchev–Trinajstić information content (AvgIpc) is 2.35. The van der Waals surface area contributed by atoms with Crippen LogP contribution in [0.2, 0.25) is 0 Å². The zero-order chi connectivity index (χ0) is 12.0. The van der Waals surface area contributed by atoms with Crippen LogP contribution in [0.1, 0.15) is 12.5 Å². The van der Waals surface area contributed by atoms with Gasteiger partial charge in [-0.15, -0.1) is 0 Å². The van der Waals surface area contributed by atoms with E-state index in [0.29, 0.717) is 6.54 Å². The summed E-state index contributed by atoms with van der Waals surface area (Å²) >= 11 is 0. The van der Waals surface area contributed by atoms with E-state index in [1.807, 2.05) is 31.2 Å². The van der Waals surface area contributed by atoms with E-state index in [2.05, 4.69) is 10.5 Å². The molecule has 0 aliphatic rings. The molecule has 0 aromatic heterocycles. The van der Waals surface area contributed by atoms with Gasteiger partial charge in [0.15, 0.2) is 5.84 Å². The van der Waals surface area contributed by atoms with Gasteiger partial charge < -0.3 is 21.0 Å². The molecule has 0 radical (unpaired) electrons. The Morgan fingerprint density at radius 2 is 2.38 bits per heavy atom. The molecule has 5 nitrogen and oxygen atoms in total. The van der Waals surface area contributed by atoms with Crippen LogP contribution in [0.15, 0.2) is 29.4 Å². The minimum absolute atomic E-state index is 0.169. The van der Waals surface area contributed by atoms with E-state index in [-0.39, 0.29) is 11.9 Å². The first-order chi connectivity index (χ1) is 7.67. The van der Waals surface area contributed by atoms with Crippen molar-refractivity contribution in [1.82, 2.24) is 5.32 Å². The summed E-state index contributed by atoms with van der Waals surface area (Å²) in [7, 11) is 1.63. The van der Waals surface area contributed by atoms with Crippen LogP contribution in [-0.2, 0) is 6.54 Å². The molecule has 0 aliphatic heterocycles. The van der Waals surface area contributed by atoms with Crippen molar-refractivity contribution in [1.29, 1.82) is 0 Å². The van der Waals surface area contributed by atoms with Crippen molar-refractivity contribution < 1.29 is 9.94 Å². The van der Waals surface area contributed by atoms with Crippen LogP contribution < -0.4 is 15.8 Å². The third-order valence-corrected chi connectivity index (χ3v) is 2.31. The van der Waals surface area contributed by atoms with Gasteiger partial charge in [0.1, 0.15) is 5.75 Å². The molecule has 5 heteroatoms. The van der Waals surface area contributed by atoms with Crippen molar-refractivity contribution >= 4 is 5.84 Å². The van der Waals surface area contributed by atoms with Crippen LogP contribution in [0.3, 0.4) is 0 Å². The molecule has 88 valence electrons. The minimum atomic E-state index is -0.170. The van der Waals surface area contributed by atoms with Gasteiger partial charge in [0.25, 0.3) is 0 Å². The van der Waals surface area contributed by atoms with E-state index in [4.69, 9.17) is 15.7 Å². The monoisotopic (exact) mass is 223 g/mol. The molecule has 1 rings (SSSR count). The Labute approximate surface area is 94.9 Å². The highest BCUT2D eigenvalue weighted by atomic mass is 16.5. The Hall–Kier alpha value is -1.75. The lowest BCUT2D eigenvalue weighted by Gasteiger charge is -2.12. The maximum atomic E-state index is 8.49. The van der Waals surface area contributed by atoms with Crippen molar-refractivity contribution in [2.45, 2.75) is 19.5 Å². The number of ether oxygens (including phenoxy) is 1. The summed E-state index contributed by atoms with van der Waals surface area (Å²) in [5.74, 6) is 0.985. The van der Waals surface area contributed by atoms with Gasteiger partial charge in [-0.2, -0.15) is 0 Å². The molecule has 16 heavy (non-hydrogen) atoms. The van der Waals surface area contributed by atoms with Crippen molar-refractivity contribution in [2.75, 3.05) is 7.11 Å². The number of benzene rings is 1. The number of nitrogens with one attached hydrogen (secondary N) is 1. The summed E-state index contributed by atoms with van der Waals surface area (Å²) in [6, 6.07) is 7.55. The van der Waals surface area contributed by atoms with E-state index < -0.39 is 0 Å². The zero-order valence-electron chi connectivity index (χ0n) is 9.47. The van der Waals surface area contributed by atoms with Gasteiger partial charge in [-0.1, -0.05) is 17.3 Å². The third-order valence-electron chi connectivity index (χ3n) is 2.31. The molecule has 0 saturated carbocycles. The van der Waals surface area contributed by atoms with E-state index in [1.54, 1.807) is 7.11 Å². The highest BCUT2D eigenvalue weighted by Crippen LogP contribution is 2.12. The van der Waals surface area contributed by atoms with Gasteiger partial charge in [0, 0.05) is 6.54 Å². The quantitative estimate of drug-likeness (QED) is 0.300. The van der Waals surface area contributed by atoms with Gasteiger partial charge in [0.05, 0.1) is 13.2 Å². The second kappa shape index (κ2) is 5.97. The normalized spacial score (nSPS) is 13.5. The fourth-order valence-corrected chi connectivity index (χ4v) is 1.24. The number of hydrogen-bond acceptors (Lipinski definition) is 4. The average molecular weight is 223 g/mol. The number of nitrogens with zero attached hydrogens (tertiary/aromatic N) is 1. The van der Waals surface area contributed by atoms with Crippen LogP contribution in [-0.4, -0.2) is 24.2 Å². The van der Waals surface area contributed by atoms with E-state index in [1.165, 1.54) is 0 Å². The molecule has 1 atom stereocenters. The maximum Gasteiger partial charge on any atom is 0.156 e. The molecule has 0 aliphatic carbocycles. The fraction of sp³-hybridized carbons (Fsp3) is 0.364. The van der Waals surface area contributed by atoms with Gasteiger partial charge in [-0.3, -0.25) is 0 Å². The molecule has 1 aromatic carbocycles. The summed E-state index contributed by atoms with van der Waals surface area (Å²) in [4.78, 5) is 0. The zero-order valence-corrected chi connectivity index (χ0v) is 9.47. The Morgan fingerprint density at radius 1 is 1.62 bits per heavy atom. The lowest BCUT2D eigenvalue weighted by molar-refractivity contribution is 0.315. The van der Waals surface area contributed by atoms with Crippen LogP contribution in [0, 0.1) is 0 Å². The number of hydrogen-bond donors (Lipinski definition) is 3. The number of oxime groups is 1. The Kier molecular flexibility index (Phi) is 4.60. The van der Waals surface area contributed by atoms with Crippen LogP contribution in [0.25, 0.3) is 0 Å². The SMILES string of the molecule is COc1cccc(CNC(C)C(N)=NO)c1. The minimum Gasteiger partial charge on any atom is -0.497 e. The molecule has 0 amide bonds. The topological polar surface area (TPSA) is 79.9 Å². The standard InChI is InChI=1S/C11H17N3O2/c1-8(11(12)14-15)13-7-9-4-3-5-10(6-9)16-2/h3-6,8,13,15H,7H2,1-2H3,(H2,12,14). The van der Waals surface area contributed by atoms with Crippen molar-refractivity contribution in [2.24, 2.45) is 10.9 Å². The maximum absolute atomic E-state index is 8.49. The first-order valence-electron chi connectivity index (χ1n) is 5.01. The number of amidine groups is 1. The molecule has 1 unspecified atom stereocenters. The summed E-state index contributed by atoms with van der Waals surface area (Å²) < 4.78 is 5.11. The number of rotatable bonds is 5. The lowest BCUT2D eigenvalue weighted by Crippen LogP contribution is -2.38. The fourth-order valence-electron chi connectivity index (χ4n) is 1.24. The van der Waals surface area contributed by atoms with Gasteiger partial charge >= 0.3 is 0 Å². The summed E-state index contributed by atoms with van der Waals surface area (Å²) in [5.41, 5.74) is 6.53. The van der Waals surface area contributed by atoms with E-state index in [0.717, 1.165) is 11.3 Å². The second-order valence-electron chi connectivity index (χ2n) is 3.48. The van der Waals surface area contributed by atoms with Crippen LogP contribution in [0.5, 0.6) is 5.75 Å². The van der Waals surface area contributed by atoms with Gasteiger partial charge in [-0.05, 0) is 24.6 Å². The molecule has 0 fully saturated rings. The Bertz CT molecular complexity index is 366. The highest BCUT2D eigenvalue weighted by molar-refractivity contribution is 5.84. The van der Waals surface area contributed by atoms with Crippen LogP contribution >= 0.6 is 0 Å². The summed E-state index contributed by atoms with van der Waals surface area (Å²) in [6.45, 7) is 2.46. The van der Waals surface area contributed by atoms with E-state index >= 15 is 0 Å². The predicted molar refractivity (Wildman–Crippen MR) is 62.7 cm³/mol. The van der Waals surface area contributed by atoms with Crippen LogP contribution in [0.4, 0.5) is 0 Å². The third kappa shape index (κ3) is 3.43. The van der Waals surface area contributed by atoms with Crippen molar-refractivity contribution in [3.05, 3.63) is 29.8 Å². The van der Waals surface area contributed by atoms with Crippen molar-refractivity contribution in [3.63, 3.8) is 0 Å². The number of methoxy groups -OCH3 is 1. The lowest BCUT2D eigenvalue weighted by atomic mass is 10.2. The predicted octanol–water partition coefficient (Wildman–Crippen LogP) is 0.920. The van der Waals surface area contributed by atoms with E-state index in [9.17, 15) is 0 Å². The first-order valence-corrected chi connectivity index (χ1v) is 5.01. The molecular weight excluding hydrogens is 206 g/mol. The molecule has 0 bridgehead atoms. The highest BCUT2D eigenvalue weighted by Gasteiger charge is 2.06. The Balaban J connectivity index is 2.54. The Morgan fingerprint density at radius 3 is 3.00 bits per heavy atom. The first kappa shape index (κ1) is 12.3. The largest absolute Gasteiger partial charge is 0.497 e. The molecular formula is C11H17N3O2. The smallest absolute Gasteiger partial charge is 0.156 e. The summed E-state index contributed by atoms with van der Waals surface area (Å²) in [6.07, 6.45) is 0.